The first-order chi connectivity index (χ1) is 7.98. The molecule has 0 saturated carbocycles. The molecule has 1 unspecified atom stereocenters. The Morgan fingerprint density at radius 1 is 1.29 bits per heavy atom. The lowest BCUT2D eigenvalue weighted by atomic mass is 10.0. The molecule has 1 aromatic heterocycles. The van der Waals surface area contributed by atoms with Crippen LogP contribution in [0.1, 0.15) is 19.3 Å². The quantitative estimate of drug-likeness (QED) is 0.734. The Morgan fingerprint density at radius 3 is 2.71 bits per heavy atom. The summed E-state index contributed by atoms with van der Waals surface area (Å²) in [5, 5.41) is 0. The van der Waals surface area contributed by atoms with Crippen LogP contribution in [0.5, 0.6) is 0 Å². The number of alkyl halides is 3. The summed E-state index contributed by atoms with van der Waals surface area (Å²) in [5.74, 6) is 0.390. The molecule has 1 saturated heterocycles. The van der Waals surface area contributed by atoms with Gasteiger partial charge in [-0.3, -0.25) is 0 Å². The molecule has 1 fully saturated rings. The van der Waals surface area contributed by atoms with Gasteiger partial charge in [0, 0.05) is 6.54 Å². The molecule has 1 atom stereocenters. The lowest BCUT2D eigenvalue weighted by molar-refractivity contribution is -0.152. The van der Waals surface area contributed by atoms with Crippen molar-refractivity contribution < 1.29 is 13.2 Å². The third kappa shape index (κ3) is 2.91. The van der Waals surface area contributed by atoms with E-state index in [2.05, 4.69) is 20.9 Å². The predicted octanol–water partition coefficient (Wildman–Crippen LogP) is 3.77. The maximum Gasteiger partial charge on any atom is 0.408 e. The number of pyridine rings is 1. The number of halogens is 4. The van der Waals surface area contributed by atoms with Crippen LogP contribution in [0.4, 0.5) is 19.0 Å². The van der Waals surface area contributed by atoms with Crippen molar-refractivity contribution in [1.29, 1.82) is 0 Å². The summed E-state index contributed by atoms with van der Waals surface area (Å²) in [4.78, 5) is 5.46. The van der Waals surface area contributed by atoms with E-state index in [1.54, 1.807) is 18.2 Å². The van der Waals surface area contributed by atoms with E-state index in [1.807, 2.05) is 0 Å². The highest BCUT2D eigenvalue weighted by Crippen LogP contribution is 2.34. The van der Waals surface area contributed by atoms with Gasteiger partial charge in [-0.25, -0.2) is 4.98 Å². The van der Waals surface area contributed by atoms with Gasteiger partial charge in [0.05, 0.1) is 0 Å². The summed E-state index contributed by atoms with van der Waals surface area (Å²) in [7, 11) is 0. The molecule has 1 aliphatic rings. The van der Waals surface area contributed by atoms with Gasteiger partial charge in [0.15, 0.2) is 0 Å². The Bertz CT molecular complexity index is 395. The second-order valence-corrected chi connectivity index (χ2v) is 4.88. The minimum Gasteiger partial charge on any atom is -0.345 e. The van der Waals surface area contributed by atoms with E-state index in [0.29, 0.717) is 23.4 Å². The van der Waals surface area contributed by atoms with Gasteiger partial charge in [0.25, 0.3) is 0 Å². The molecule has 2 nitrogen and oxygen atoms in total. The van der Waals surface area contributed by atoms with Crippen LogP contribution in [-0.4, -0.2) is 23.7 Å². The Kier molecular flexibility index (Phi) is 3.61. The van der Waals surface area contributed by atoms with Crippen molar-refractivity contribution in [2.75, 3.05) is 11.4 Å². The highest BCUT2D eigenvalue weighted by Gasteiger charge is 2.44. The zero-order valence-electron chi connectivity index (χ0n) is 9.04. The lowest BCUT2D eigenvalue weighted by Gasteiger charge is -2.37. The van der Waals surface area contributed by atoms with E-state index in [-0.39, 0.29) is 6.42 Å². The second-order valence-electron chi connectivity index (χ2n) is 4.07. The molecule has 2 heterocycles. The fourth-order valence-corrected chi connectivity index (χ4v) is 2.44. The third-order valence-electron chi connectivity index (χ3n) is 2.88. The van der Waals surface area contributed by atoms with Crippen molar-refractivity contribution >= 4 is 21.7 Å². The normalized spacial score (nSPS) is 21.6. The van der Waals surface area contributed by atoms with Crippen molar-refractivity contribution in [3.8, 4) is 0 Å². The summed E-state index contributed by atoms with van der Waals surface area (Å²) in [6, 6.07) is 3.62. The number of nitrogens with zero attached hydrogens (tertiary/aromatic N) is 2. The molecule has 0 spiro atoms. The van der Waals surface area contributed by atoms with Crippen LogP contribution in [0, 0.1) is 0 Å². The third-order valence-corrected chi connectivity index (χ3v) is 3.32. The average Bonchev–Trinajstić information content (AvgIpc) is 2.28. The molecular weight excluding hydrogens is 297 g/mol. The van der Waals surface area contributed by atoms with E-state index in [0.717, 1.165) is 6.42 Å². The molecule has 0 N–H and O–H groups in total. The monoisotopic (exact) mass is 308 g/mol. The first kappa shape index (κ1) is 12.7. The molecule has 1 aliphatic heterocycles. The molecule has 1 aromatic rings. The van der Waals surface area contributed by atoms with Crippen LogP contribution in [-0.2, 0) is 0 Å². The van der Waals surface area contributed by atoms with E-state index in [4.69, 9.17) is 0 Å². The van der Waals surface area contributed by atoms with Crippen LogP contribution in [0.25, 0.3) is 0 Å². The number of hydrogen-bond acceptors (Lipinski definition) is 2. The van der Waals surface area contributed by atoms with Crippen molar-refractivity contribution in [2.45, 2.75) is 31.5 Å². The number of piperidine rings is 1. The van der Waals surface area contributed by atoms with Crippen LogP contribution < -0.4 is 4.90 Å². The number of aromatic nitrogens is 1. The van der Waals surface area contributed by atoms with E-state index in [1.165, 1.54) is 4.90 Å². The van der Waals surface area contributed by atoms with E-state index in [9.17, 15) is 13.2 Å². The fourth-order valence-electron chi connectivity index (χ4n) is 2.10. The Hall–Kier alpha value is -0.780. The Labute approximate surface area is 106 Å². The maximum atomic E-state index is 12.9. The summed E-state index contributed by atoms with van der Waals surface area (Å²) in [5.41, 5.74) is 0. The molecule has 2 rings (SSSR count). The summed E-state index contributed by atoms with van der Waals surface area (Å²) in [6.45, 7) is 0.410. The molecule has 0 aromatic carbocycles. The second kappa shape index (κ2) is 4.84. The molecule has 17 heavy (non-hydrogen) atoms. The van der Waals surface area contributed by atoms with Gasteiger partial charge in [0.2, 0.25) is 0 Å². The summed E-state index contributed by atoms with van der Waals surface area (Å²) in [6.07, 6.45) is -2.64. The van der Waals surface area contributed by atoms with Gasteiger partial charge in [0.1, 0.15) is 16.5 Å². The minimum atomic E-state index is -4.19. The van der Waals surface area contributed by atoms with Gasteiger partial charge in [-0.15, -0.1) is 0 Å². The first-order valence-electron chi connectivity index (χ1n) is 5.44. The van der Waals surface area contributed by atoms with Gasteiger partial charge < -0.3 is 4.90 Å². The molecule has 6 heteroatoms. The predicted molar refractivity (Wildman–Crippen MR) is 63.0 cm³/mol. The smallest absolute Gasteiger partial charge is 0.345 e. The number of anilines is 1. The maximum absolute atomic E-state index is 12.9. The van der Waals surface area contributed by atoms with Gasteiger partial charge in [-0.1, -0.05) is 6.07 Å². The standard InChI is InChI=1S/C11H12BrF3N2/c12-9-5-3-6-10(16-9)17-7-2-1-4-8(17)11(13,14)15/h3,5-6,8H,1-2,4,7H2. The minimum absolute atomic E-state index is 0.150. The summed E-state index contributed by atoms with van der Waals surface area (Å²) >= 11 is 3.18. The van der Waals surface area contributed by atoms with E-state index >= 15 is 0 Å². The zero-order valence-corrected chi connectivity index (χ0v) is 10.6. The van der Waals surface area contributed by atoms with Gasteiger partial charge in [-0.05, 0) is 47.3 Å². The average molecular weight is 309 g/mol. The SMILES string of the molecule is FC(F)(F)C1CCCCN1c1cccc(Br)n1. The first-order valence-corrected chi connectivity index (χ1v) is 6.24. The van der Waals surface area contributed by atoms with Crippen molar-refractivity contribution in [2.24, 2.45) is 0 Å². The number of hydrogen-bond donors (Lipinski definition) is 0. The molecular formula is C11H12BrF3N2. The van der Waals surface area contributed by atoms with Crippen LogP contribution in [0.3, 0.4) is 0 Å². The zero-order chi connectivity index (χ0) is 12.5. The largest absolute Gasteiger partial charge is 0.408 e. The molecule has 94 valence electrons. The van der Waals surface area contributed by atoms with Gasteiger partial charge >= 0.3 is 6.18 Å². The molecule has 0 aliphatic carbocycles. The van der Waals surface area contributed by atoms with Crippen LogP contribution >= 0.6 is 15.9 Å². The van der Waals surface area contributed by atoms with Gasteiger partial charge in [-0.2, -0.15) is 13.2 Å². The highest BCUT2D eigenvalue weighted by atomic mass is 79.9. The van der Waals surface area contributed by atoms with Crippen LogP contribution in [0.2, 0.25) is 0 Å². The van der Waals surface area contributed by atoms with Crippen molar-refractivity contribution in [1.82, 2.24) is 4.98 Å². The van der Waals surface area contributed by atoms with Crippen molar-refractivity contribution in [3.05, 3.63) is 22.8 Å². The molecule has 0 radical (unpaired) electrons. The van der Waals surface area contributed by atoms with Crippen LogP contribution in [0.15, 0.2) is 22.8 Å². The van der Waals surface area contributed by atoms with Crippen molar-refractivity contribution in [3.63, 3.8) is 0 Å². The molecule has 0 bridgehead atoms. The van der Waals surface area contributed by atoms with E-state index < -0.39 is 12.2 Å². The number of rotatable bonds is 1. The fraction of sp³-hybridized carbons (Fsp3) is 0.545. The molecule has 0 amide bonds. The summed E-state index contributed by atoms with van der Waals surface area (Å²) < 4.78 is 39.2. The lowest BCUT2D eigenvalue weighted by Crippen LogP contribution is -2.49. The Balaban J connectivity index is 2.28. The topological polar surface area (TPSA) is 16.1 Å². The Morgan fingerprint density at radius 2 is 2.06 bits per heavy atom. The highest BCUT2D eigenvalue weighted by molar-refractivity contribution is 9.10.